The summed E-state index contributed by atoms with van der Waals surface area (Å²) in [4.78, 5) is 12.2. The molecule has 0 aromatic heterocycles. The summed E-state index contributed by atoms with van der Waals surface area (Å²) in [5.74, 6) is 1.02. The Hall–Kier alpha value is -1.30. The van der Waals surface area contributed by atoms with Crippen LogP contribution in [0.1, 0.15) is 37.8 Å². The van der Waals surface area contributed by atoms with Gasteiger partial charge >= 0.3 is 0 Å². The van der Waals surface area contributed by atoms with Gasteiger partial charge in [-0.05, 0) is 37.0 Å². The van der Waals surface area contributed by atoms with Gasteiger partial charge in [0.05, 0.1) is 6.10 Å². The van der Waals surface area contributed by atoms with Crippen molar-refractivity contribution in [2.75, 3.05) is 19.6 Å². The van der Waals surface area contributed by atoms with Crippen LogP contribution < -0.4 is 15.4 Å². The quantitative estimate of drug-likeness (QED) is 0.729. The molecule has 0 saturated carbocycles. The molecule has 1 aromatic rings. The van der Waals surface area contributed by atoms with Gasteiger partial charge in [0.25, 0.3) is 5.91 Å². The molecule has 1 saturated heterocycles. The highest BCUT2D eigenvalue weighted by molar-refractivity contribution is 5.85. The lowest BCUT2D eigenvalue weighted by Crippen LogP contribution is -2.41. The Labute approximate surface area is 150 Å². The zero-order chi connectivity index (χ0) is 17.0. The molecule has 136 valence electrons. The van der Waals surface area contributed by atoms with Gasteiger partial charge in [-0.25, -0.2) is 0 Å². The van der Waals surface area contributed by atoms with E-state index in [-0.39, 0.29) is 24.2 Å². The maximum atomic E-state index is 12.2. The highest BCUT2D eigenvalue weighted by Gasteiger charge is 2.26. The molecule has 3 N–H and O–H groups in total. The minimum atomic E-state index is -0.569. The molecule has 0 aliphatic carbocycles. The van der Waals surface area contributed by atoms with E-state index < -0.39 is 12.2 Å². The summed E-state index contributed by atoms with van der Waals surface area (Å²) < 4.78 is 5.90. The molecule has 1 heterocycles. The van der Waals surface area contributed by atoms with Gasteiger partial charge in [0.2, 0.25) is 0 Å². The van der Waals surface area contributed by atoms with Crippen LogP contribution in [0.3, 0.4) is 0 Å². The number of carbonyl (C=O) groups excluding carboxylic acids is 1. The van der Waals surface area contributed by atoms with E-state index in [4.69, 9.17) is 4.74 Å². The number of aliphatic hydroxyl groups is 1. The first kappa shape index (κ1) is 20.7. The molecule has 1 aliphatic heterocycles. The van der Waals surface area contributed by atoms with E-state index in [0.717, 1.165) is 23.4 Å². The van der Waals surface area contributed by atoms with Crippen molar-refractivity contribution >= 4 is 18.3 Å². The summed E-state index contributed by atoms with van der Waals surface area (Å²) in [5, 5.41) is 15.7. The van der Waals surface area contributed by atoms with Gasteiger partial charge in [0.1, 0.15) is 5.75 Å². The van der Waals surface area contributed by atoms with Crippen LogP contribution in [0.15, 0.2) is 18.2 Å². The maximum absolute atomic E-state index is 12.2. The van der Waals surface area contributed by atoms with Crippen molar-refractivity contribution in [2.45, 2.75) is 45.8 Å². The van der Waals surface area contributed by atoms with Crippen LogP contribution in [0.2, 0.25) is 0 Å². The molecule has 1 aromatic carbocycles. The minimum absolute atomic E-state index is 0. The first-order valence-corrected chi connectivity index (χ1v) is 8.32. The van der Waals surface area contributed by atoms with E-state index in [2.05, 4.69) is 36.6 Å². The van der Waals surface area contributed by atoms with Gasteiger partial charge in [0.15, 0.2) is 6.10 Å². The standard InChI is InChI=1S/C18H28N2O3.ClH/c1-11(2)15-6-5-12(3)7-17(15)23-13(4)18(22)20-9-14-8-19-10-16(14)21;/h5-7,11,13-14,16,19,21H,8-10H2,1-4H3,(H,20,22);1H. The van der Waals surface area contributed by atoms with E-state index in [0.29, 0.717) is 19.0 Å². The summed E-state index contributed by atoms with van der Waals surface area (Å²) >= 11 is 0. The topological polar surface area (TPSA) is 70.6 Å². The average Bonchev–Trinajstić information content (AvgIpc) is 2.89. The summed E-state index contributed by atoms with van der Waals surface area (Å²) in [7, 11) is 0. The number of rotatable bonds is 6. The fraction of sp³-hybridized carbons (Fsp3) is 0.611. The van der Waals surface area contributed by atoms with Crippen molar-refractivity contribution < 1.29 is 14.6 Å². The third kappa shape index (κ3) is 5.36. The van der Waals surface area contributed by atoms with Gasteiger partial charge in [-0.2, -0.15) is 0 Å². The number of ether oxygens (including phenoxy) is 1. The number of aliphatic hydroxyl groups excluding tert-OH is 1. The lowest BCUT2D eigenvalue weighted by molar-refractivity contribution is -0.127. The Morgan fingerprint density at radius 2 is 2.08 bits per heavy atom. The van der Waals surface area contributed by atoms with E-state index in [1.807, 2.05) is 13.0 Å². The second-order valence-corrected chi connectivity index (χ2v) is 6.69. The van der Waals surface area contributed by atoms with E-state index in [9.17, 15) is 9.90 Å². The summed E-state index contributed by atoms with van der Waals surface area (Å²) in [6.07, 6.45) is -0.961. The highest BCUT2D eigenvalue weighted by atomic mass is 35.5. The van der Waals surface area contributed by atoms with Crippen molar-refractivity contribution in [1.29, 1.82) is 0 Å². The zero-order valence-electron chi connectivity index (χ0n) is 14.8. The lowest BCUT2D eigenvalue weighted by Gasteiger charge is -2.20. The zero-order valence-corrected chi connectivity index (χ0v) is 15.7. The van der Waals surface area contributed by atoms with Crippen molar-refractivity contribution in [1.82, 2.24) is 10.6 Å². The normalized spacial score (nSPS) is 21.2. The fourth-order valence-corrected chi connectivity index (χ4v) is 2.77. The van der Waals surface area contributed by atoms with Crippen LogP contribution in [0.25, 0.3) is 0 Å². The molecular formula is C18H29ClN2O3. The Morgan fingerprint density at radius 1 is 1.38 bits per heavy atom. The van der Waals surface area contributed by atoms with Crippen molar-refractivity contribution in [3.8, 4) is 5.75 Å². The molecule has 0 spiro atoms. The van der Waals surface area contributed by atoms with E-state index in [1.54, 1.807) is 6.92 Å². The van der Waals surface area contributed by atoms with Crippen molar-refractivity contribution in [2.24, 2.45) is 5.92 Å². The smallest absolute Gasteiger partial charge is 0.260 e. The fourth-order valence-electron chi connectivity index (χ4n) is 2.77. The first-order valence-electron chi connectivity index (χ1n) is 8.32. The SMILES string of the molecule is Cc1ccc(C(C)C)c(OC(C)C(=O)NCC2CNCC2O)c1.Cl. The number of hydrogen-bond acceptors (Lipinski definition) is 4. The molecule has 1 amide bonds. The molecule has 0 radical (unpaired) electrons. The number of nitrogens with one attached hydrogen (secondary N) is 2. The second kappa shape index (κ2) is 9.25. The third-order valence-corrected chi connectivity index (χ3v) is 4.31. The van der Waals surface area contributed by atoms with Crippen LogP contribution >= 0.6 is 12.4 Å². The van der Waals surface area contributed by atoms with Gasteiger partial charge < -0.3 is 20.5 Å². The number of halogens is 1. The summed E-state index contributed by atoms with van der Waals surface area (Å²) in [6, 6.07) is 6.09. The number of carbonyl (C=O) groups is 1. The van der Waals surface area contributed by atoms with Crippen LogP contribution in [0, 0.1) is 12.8 Å². The molecule has 24 heavy (non-hydrogen) atoms. The van der Waals surface area contributed by atoms with Crippen molar-refractivity contribution in [3.63, 3.8) is 0 Å². The van der Waals surface area contributed by atoms with Crippen LogP contribution in [0.4, 0.5) is 0 Å². The molecule has 1 fully saturated rings. The van der Waals surface area contributed by atoms with E-state index >= 15 is 0 Å². The summed E-state index contributed by atoms with van der Waals surface area (Å²) in [5.41, 5.74) is 2.21. The molecule has 3 unspecified atom stereocenters. The number of β-amino-alcohol motifs (C(OH)–C–C–N with tert-alkyl or cyclic N) is 1. The largest absolute Gasteiger partial charge is 0.481 e. The molecule has 1 aliphatic rings. The number of aryl methyl sites for hydroxylation is 1. The number of amides is 1. The molecule has 0 bridgehead atoms. The first-order chi connectivity index (χ1) is 10.9. The van der Waals surface area contributed by atoms with Crippen LogP contribution in [-0.2, 0) is 4.79 Å². The molecule has 6 heteroatoms. The number of benzene rings is 1. The Balaban J connectivity index is 0.00000288. The summed E-state index contributed by atoms with van der Waals surface area (Å²) in [6.45, 7) is 9.76. The second-order valence-electron chi connectivity index (χ2n) is 6.69. The van der Waals surface area contributed by atoms with Gasteiger partial charge in [-0.15, -0.1) is 12.4 Å². The van der Waals surface area contributed by atoms with Gasteiger partial charge in [-0.3, -0.25) is 4.79 Å². The molecule has 5 nitrogen and oxygen atoms in total. The highest BCUT2D eigenvalue weighted by Crippen LogP contribution is 2.28. The van der Waals surface area contributed by atoms with Crippen LogP contribution in [-0.4, -0.2) is 42.9 Å². The van der Waals surface area contributed by atoms with Gasteiger partial charge in [-0.1, -0.05) is 26.0 Å². The maximum Gasteiger partial charge on any atom is 0.260 e. The number of hydrogen-bond donors (Lipinski definition) is 3. The van der Waals surface area contributed by atoms with E-state index in [1.165, 1.54) is 0 Å². The van der Waals surface area contributed by atoms with Gasteiger partial charge in [0, 0.05) is 25.6 Å². The minimum Gasteiger partial charge on any atom is -0.481 e. The predicted octanol–water partition coefficient (Wildman–Crippen LogP) is 2.00. The van der Waals surface area contributed by atoms with Crippen molar-refractivity contribution in [3.05, 3.63) is 29.3 Å². The third-order valence-electron chi connectivity index (χ3n) is 4.31. The Kier molecular flexibility index (Phi) is 8.00. The Morgan fingerprint density at radius 3 is 2.67 bits per heavy atom. The average molecular weight is 357 g/mol. The Bertz CT molecular complexity index is 551. The molecule has 3 atom stereocenters. The lowest BCUT2D eigenvalue weighted by atomic mass is 10.0. The predicted molar refractivity (Wildman–Crippen MR) is 98.0 cm³/mol. The molecule has 2 rings (SSSR count). The molecular weight excluding hydrogens is 328 g/mol. The van der Waals surface area contributed by atoms with Crippen LogP contribution in [0.5, 0.6) is 5.75 Å². The monoisotopic (exact) mass is 356 g/mol.